The maximum absolute atomic E-state index is 13.0. The number of hydrogen-bond acceptors (Lipinski definition) is 2. The van der Waals surface area contributed by atoms with Crippen LogP contribution in [0.1, 0.15) is 13.3 Å². The molecule has 92 valence electrons. The van der Waals surface area contributed by atoms with E-state index < -0.39 is 23.6 Å². The molecule has 0 aliphatic rings. The van der Waals surface area contributed by atoms with E-state index in [0.717, 1.165) is 4.90 Å². The first-order valence-electron chi connectivity index (χ1n) is 5.23. The Bertz CT molecular complexity index is 434. The van der Waals surface area contributed by atoms with Gasteiger partial charge in [-0.1, -0.05) is 13.0 Å². The first-order chi connectivity index (χ1) is 7.97. The third-order valence-corrected chi connectivity index (χ3v) is 2.53. The molecule has 5 heteroatoms. The smallest absolute Gasteiger partial charge is 0.316 e. The zero-order valence-corrected chi connectivity index (χ0v) is 9.68. The zero-order valence-electron chi connectivity index (χ0n) is 9.68. The van der Waals surface area contributed by atoms with Crippen molar-refractivity contribution in [1.29, 1.82) is 0 Å². The zero-order chi connectivity index (χ0) is 13.0. The van der Waals surface area contributed by atoms with Crippen molar-refractivity contribution in [3.8, 4) is 0 Å². The Morgan fingerprint density at radius 1 is 1.47 bits per heavy atom. The lowest BCUT2D eigenvalue weighted by Gasteiger charge is -2.20. The summed E-state index contributed by atoms with van der Waals surface area (Å²) in [7, 11) is 1.43. The van der Waals surface area contributed by atoms with E-state index in [1.165, 1.54) is 25.2 Å². The fourth-order valence-corrected chi connectivity index (χ4v) is 1.50. The third-order valence-electron chi connectivity index (χ3n) is 2.53. The van der Waals surface area contributed by atoms with Crippen molar-refractivity contribution in [2.24, 2.45) is 5.92 Å². The number of amides is 1. The largest absolute Gasteiger partial charge is 0.481 e. The summed E-state index contributed by atoms with van der Waals surface area (Å²) in [5, 5.41) is 8.87. The molecule has 1 aromatic carbocycles. The van der Waals surface area contributed by atoms with Gasteiger partial charge in [0.25, 0.3) is 0 Å². The van der Waals surface area contributed by atoms with Gasteiger partial charge < -0.3 is 10.0 Å². The van der Waals surface area contributed by atoms with E-state index in [-0.39, 0.29) is 6.42 Å². The van der Waals surface area contributed by atoms with Crippen LogP contribution < -0.4 is 4.90 Å². The molecule has 1 aromatic rings. The average Bonchev–Trinajstić information content (AvgIpc) is 2.28. The molecular formula is C12H14FNO3. The molecule has 17 heavy (non-hydrogen) atoms. The monoisotopic (exact) mass is 239 g/mol. The van der Waals surface area contributed by atoms with Crippen LogP contribution in [0.2, 0.25) is 0 Å². The van der Waals surface area contributed by atoms with Crippen LogP contribution in [0, 0.1) is 11.7 Å². The van der Waals surface area contributed by atoms with E-state index in [2.05, 4.69) is 0 Å². The van der Waals surface area contributed by atoms with Crippen LogP contribution in [0.15, 0.2) is 24.3 Å². The van der Waals surface area contributed by atoms with Gasteiger partial charge in [0.1, 0.15) is 11.7 Å². The second kappa shape index (κ2) is 5.43. The van der Waals surface area contributed by atoms with Crippen LogP contribution in [-0.4, -0.2) is 24.0 Å². The summed E-state index contributed by atoms with van der Waals surface area (Å²) in [5.74, 6) is -3.28. The number of carboxylic acids is 1. The predicted molar refractivity (Wildman–Crippen MR) is 61.2 cm³/mol. The highest BCUT2D eigenvalue weighted by atomic mass is 19.1. The van der Waals surface area contributed by atoms with Gasteiger partial charge in [0.15, 0.2) is 0 Å². The molecule has 0 radical (unpaired) electrons. The topological polar surface area (TPSA) is 57.6 Å². The molecule has 0 bridgehead atoms. The SMILES string of the molecule is CCC(C(=O)O)C(=O)N(C)c1cccc(F)c1. The van der Waals surface area contributed by atoms with E-state index in [4.69, 9.17) is 5.11 Å². The average molecular weight is 239 g/mol. The van der Waals surface area contributed by atoms with Crippen molar-refractivity contribution in [1.82, 2.24) is 0 Å². The summed E-state index contributed by atoms with van der Waals surface area (Å²) < 4.78 is 13.0. The van der Waals surface area contributed by atoms with Crippen molar-refractivity contribution in [2.45, 2.75) is 13.3 Å². The number of aliphatic carboxylic acids is 1. The first kappa shape index (κ1) is 13.2. The van der Waals surface area contributed by atoms with Crippen molar-refractivity contribution in [3.05, 3.63) is 30.1 Å². The van der Waals surface area contributed by atoms with Gasteiger partial charge in [-0.2, -0.15) is 0 Å². The lowest BCUT2D eigenvalue weighted by atomic mass is 10.1. The summed E-state index contributed by atoms with van der Waals surface area (Å²) in [6.07, 6.45) is 0.202. The standard InChI is InChI=1S/C12H14FNO3/c1-3-10(12(16)17)11(15)14(2)9-6-4-5-8(13)7-9/h4-7,10H,3H2,1-2H3,(H,16,17). The number of anilines is 1. The molecular weight excluding hydrogens is 225 g/mol. The van der Waals surface area contributed by atoms with Gasteiger partial charge in [-0.05, 0) is 24.6 Å². The minimum absolute atomic E-state index is 0.202. The Kier molecular flexibility index (Phi) is 4.20. The Morgan fingerprint density at radius 3 is 2.59 bits per heavy atom. The lowest BCUT2D eigenvalue weighted by Crippen LogP contribution is -2.36. The van der Waals surface area contributed by atoms with Gasteiger partial charge in [0.05, 0.1) is 0 Å². The molecule has 0 aromatic heterocycles. The molecule has 1 N–H and O–H groups in total. The Morgan fingerprint density at radius 2 is 2.12 bits per heavy atom. The minimum atomic E-state index is -1.17. The number of carboxylic acid groups (broad SMARTS) is 1. The van der Waals surface area contributed by atoms with Crippen LogP contribution in [0.3, 0.4) is 0 Å². The van der Waals surface area contributed by atoms with Gasteiger partial charge in [-0.3, -0.25) is 9.59 Å². The number of rotatable bonds is 4. The first-order valence-corrected chi connectivity index (χ1v) is 5.23. The molecule has 0 saturated carbocycles. The van der Waals surface area contributed by atoms with Crippen LogP contribution >= 0.6 is 0 Å². The molecule has 0 saturated heterocycles. The number of nitrogens with zero attached hydrogens (tertiary/aromatic N) is 1. The summed E-state index contributed by atoms with van der Waals surface area (Å²) >= 11 is 0. The predicted octanol–water partition coefficient (Wildman–Crippen LogP) is 1.90. The van der Waals surface area contributed by atoms with Gasteiger partial charge in [-0.25, -0.2) is 4.39 Å². The van der Waals surface area contributed by atoms with Crippen molar-refractivity contribution in [2.75, 3.05) is 11.9 Å². The highest BCUT2D eigenvalue weighted by Gasteiger charge is 2.27. The second-order valence-corrected chi connectivity index (χ2v) is 3.68. The van der Waals surface area contributed by atoms with Crippen LogP contribution in [0.4, 0.5) is 10.1 Å². The van der Waals surface area contributed by atoms with E-state index in [0.29, 0.717) is 5.69 Å². The summed E-state index contributed by atoms with van der Waals surface area (Å²) in [4.78, 5) is 23.9. The van der Waals surface area contributed by atoms with Gasteiger partial charge in [0, 0.05) is 12.7 Å². The van der Waals surface area contributed by atoms with Crippen molar-refractivity contribution in [3.63, 3.8) is 0 Å². The van der Waals surface area contributed by atoms with E-state index in [9.17, 15) is 14.0 Å². The van der Waals surface area contributed by atoms with Crippen molar-refractivity contribution >= 4 is 17.6 Å². The Labute approximate surface area is 98.7 Å². The van der Waals surface area contributed by atoms with E-state index >= 15 is 0 Å². The Balaban J connectivity index is 2.93. The molecule has 4 nitrogen and oxygen atoms in total. The fourth-order valence-electron chi connectivity index (χ4n) is 1.50. The molecule has 1 amide bonds. The molecule has 0 aliphatic carbocycles. The number of halogens is 1. The quantitative estimate of drug-likeness (QED) is 0.816. The lowest BCUT2D eigenvalue weighted by molar-refractivity contribution is -0.146. The summed E-state index contributed by atoms with van der Waals surface area (Å²) in [6.45, 7) is 1.62. The Hall–Kier alpha value is -1.91. The van der Waals surface area contributed by atoms with E-state index in [1.807, 2.05) is 0 Å². The number of benzene rings is 1. The number of hydrogen-bond donors (Lipinski definition) is 1. The maximum Gasteiger partial charge on any atom is 0.316 e. The summed E-state index contributed by atoms with van der Waals surface area (Å²) in [5.41, 5.74) is 0.342. The molecule has 1 atom stereocenters. The van der Waals surface area contributed by atoms with E-state index in [1.54, 1.807) is 13.0 Å². The normalized spacial score (nSPS) is 11.9. The van der Waals surface area contributed by atoms with Crippen LogP contribution in [0.25, 0.3) is 0 Å². The van der Waals surface area contributed by atoms with Gasteiger partial charge >= 0.3 is 5.97 Å². The number of carbonyl (C=O) groups is 2. The number of carbonyl (C=O) groups excluding carboxylic acids is 1. The summed E-state index contributed by atoms with van der Waals surface area (Å²) in [6, 6.07) is 5.47. The third kappa shape index (κ3) is 3.03. The molecule has 0 aliphatic heterocycles. The molecule has 0 spiro atoms. The molecule has 0 fully saturated rings. The van der Waals surface area contributed by atoms with Crippen molar-refractivity contribution < 1.29 is 19.1 Å². The highest BCUT2D eigenvalue weighted by Crippen LogP contribution is 2.17. The minimum Gasteiger partial charge on any atom is -0.481 e. The van der Waals surface area contributed by atoms with Crippen LogP contribution in [-0.2, 0) is 9.59 Å². The maximum atomic E-state index is 13.0. The van der Waals surface area contributed by atoms with Gasteiger partial charge in [-0.15, -0.1) is 0 Å². The van der Waals surface area contributed by atoms with Gasteiger partial charge in [0.2, 0.25) is 5.91 Å². The fraction of sp³-hybridized carbons (Fsp3) is 0.333. The molecule has 0 heterocycles. The molecule has 1 unspecified atom stereocenters. The molecule has 1 rings (SSSR count). The van der Waals surface area contributed by atoms with Crippen LogP contribution in [0.5, 0.6) is 0 Å². The highest BCUT2D eigenvalue weighted by molar-refractivity contribution is 6.05. The second-order valence-electron chi connectivity index (χ2n) is 3.68.